The first kappa shape index (κ1) is 21.5. The molecule has 3 aromatic rings. The van der Waals surface area contributed by atoms with E-state index in [9.17, 15) is 4.79 Å². The van der Waals surface area contributed by atoms with Crippen LogP contribution in [0.25, 0.3) is 11.1 Å². The van der Waals surface area contributed by atoms with E-state index in [4.69, 9.17) is 4.98 Å². The van der Waals surface area contributed by atoms with Crippen LogP contribution in [0.1, 0.15) is 55.1 Å². The number of nitrogens with one attached hydrogen (secondary N) is 1. The van der Waals surface area contributed by atoms with Crippen LogP contribution in [-0.2, 0) is 11.2 Å². The molecule has 1 saturated heterocycles. The molecule has 7 heteroatoms. The molecular weight excluding hydrogens is 412 g/mol. The van der Waals surface area contributed by atoms with E-state index in [0.29, 0.717) is 24.8 Å². The number of rotatable bonds is 7. The van der Waals surface area contributed by atoms with Gasteiger partial charge >= 0.3 is 0 Å². The number of anilines is 1. The minimum atomic E-state index is 0.213. The number of piperidine rings is 1. The molecule has 7 nitrogen and oxygen atoms in total. The maximum Gasteiger partial charge on any atom is 0.223 e. The van der Waals surface area contributed by atoms with Gasteiger partial charge in [-0.25, -0.2) is 9.97 Å². The summed E-state index contributed by atoms with van der Waals surface area (Å²) in [6, 6.07) is 10.5. The monoisotopic (exact) mass is 442 g/mol. The van der Waals surface area contributed by atoms with Gasteiger partial charge in [-0.3, -0.25) is 14.8 Å². The van der Waals surface area contributed by atoms with Crippen LogP contribution < -0.4 is 5.32 Å². The summed E-state index contributed by atoms with van der Waals surface area (Å²) >= 11 is 0. The number of carbonyl (C=O) groups is 1. The van der Waals surface area contributed by atoms with Gasteiger partial charge in [-0.05, 0) is 68.9 Å². The fraction of sp³-hybridized carbons (Fsp3) is 0.423. The lowest BCUT2D eigenvalue weighted by atomic mass is 9.89. The average Bonchev–Trinajstić information content (AvgIpc) is 3.67. The summed E-state index contributed by atoms with van der Waals surface area (Å²) in [4.78, 5) is 33.0. The summed E-state index contributed by atoms with van der Waals surface area (Å²) in [6.07, 6.45) is 10.9. The highest BCUT2D eigenvalue weighted by molar-refractivity contribution is 5.76. The van der Waals surface area contributed by atoms with Crippen molar-refractivity contribution >= 4 is 11.9 Å². The predicted molar refractivity (Wildman–Crippen MR) is 128 cm³/mol. The zero-order valence-electron chi connectivity index (χ0n) is 19.1. The summed E-state index contributed by atoms with van der Waals surface area (Å²) in [5, 5.41) is 3.43. The van der Waals surface area contributed by atoms with Gasteiger partial charge in [0.05, 0.1) is 5.69 Å². The van der Waals surface area contributed by atoms with Crippen molar-refractivity contribution in [3.05, 3.63) is 66.0 Å². The molecule has 0 bridgehead atoms. The summed E-state index contributed by atoms with van der Waals surface area (Å²) in [6.45, 7) is 3.50. The highest BCUT2D eigenvalue weighted by Crippen LogP contribution is 2.35. The average molecular weight is 443 g/mol. The van der Waals surface area contributed by atoms with Gasteiger partial charge in [0, 0.05) is 67.0 Å². The zero-order chi connectivity index (χ0) is 22.6. The molecular formula is C26H30N6O. The molecule has 1 saturated carbocycles. The van der Waals surface area contributed by atoms with Crippen LogP contribution in [-0.4, -0.2) is 49.9 Å². The molecule has 5 rings (SSSR count). The number of hydrogen-bond donors (Lipinski definition) is 1. The highest BCUT2D eigenvalue weighted by Gasteiger charge is 2.28. The third kappa shape index (κ3) is 5.35. The largest absolute Gasteiger partial charge is 0.351 e. The number of pyridine rings is 2. The normalized spacial score (nSPS) is 16.6. The first-order valence-corrected chi connectivity index (χ1v) is 11.9. The quantitative estimate of drug-likeness (QED) is 0.592. The molecule has 0 spiro atoms. The predicted octanol–water partition coefficient (Wildman–Crippen LogP) is 4.16. The van der Waals surface area contributed by atoms with E-state index in [1.807, 2.05) is 48.4 Å². The Bertz CT molecular complexity index is 1110. The minimum Gasteiger partial charge on any atom is -0.351 e. The molecule has 1 amide bonds. The smallest absolute Gasteiger partial charge is 0.223 e. The van der Waals surface area contributed by atoms with Crippen molar-refractivity contribution in [2.75, 3.05) is 18.4 Å². The van der Waals surface area contributed by atoms with Crippen LogP contribution in [0, 0.1) is 6.92 Å². The van der Waals surface area contributed by atoms with Crippen LogP contribution in [0.15, 0.2) is 48.9 Å². The van der Waals surface area contributed by atoms with Gasteiger partial charge in [-0.2, -0.15) is 0 Å². The second-order valence-corrected chi connectivity index (χ2v) is 9.07. The second kappa shape index (κ2) is 9.65. The third-order valence-electron chi connectivity index (χ3n) is 6.50. The van der Waals surface area contributed by atoms with Gasteiger partial charge in [-0.1, -0.05) is 6.07 Å². The van der Waals surface area contributed by atoms with Crippen LogP contribution >= 0.6 is 0 Å². The zero-order valence-corrected chi connectivity index (χ0v) is 19.1. The van der Waals surface area contributed by atoms with Crippen molar-refractivity contribution in [3.63, 3.8) is 0 Å². The Hall–Kier alpha value is -3.35. The first-order valence-electron chi connectivity index (χ1n) is 11.9. The molecule has 0 radical (unpaired) electrons. The van der Waals surface area contributed by atoms with Gasteiger partial charge in [0.25, 0.3) is 0 Å². The number of amides is 1. The Balaban J connectivity index is 1.26. The maximum absolute atomic E-state index is 12.8. The van der Waals surface area contributed by atoms with E-state index in [1.54, 1.807) is 12.4 Å². The van der Waals surface area contributed by atoms with Crippen molar-refractivity contribution in [3.8, 4) is 11.1 Å². The van der Waals surface area contributed by atoms with Crippen LogP contribution in [0.2, 0.25) is 0 Å². The fourth-order valence-corrected chi connectivity index (χ4v) is 4.47. The van der Waals surface area contributed by atoms with Crippen LogP contribution in [0.4, 0.5) is 5.95 Å². The Labute approximate surface area is 194 Å². The lowest BCUT2D eigenvalue weighted by Crippen LogP contribution is -2.38. The fourth-order valence-electron chi connectivity index (χ4n) is 4.47. The number of hydrogen-bond acceptors (Lipinski definition) is 6. The topological polar surface area (TPSA) is 83.9 Å². The molecule has 0 atom stereocenters. The van der Waals surface area contributed by atoms with Crippen molar-refractivity contribution < 1.29 is 4.79 Å². The maximum atomic E-state index is 12.8. The van der Waals surface area contributed by atoms with Crippen LogP contribution in [0.5, 0.6) is 0 Å². The molecule has 2 fully saturated rings. The van der Waals surface area contributed by atoms with E-state index in [-0.39, 0.29) is 5.91 Å². The number of nitrogens with zero attached hydrogens (tertiary/aromatic N) is 5. The SMILES string of the molecule is Cc1cccc(CCC(=O)N2CCC(c3nc(NC4CC4)ncc3-c3ccncc3)CC2)n1. The molecule has 1 aliphatic heterocycles. The van der Waals surface area contributed by atoms with E-state index < -0.39 is 0 Å². The van der Waals surface area contributed by atoms with Gasteiger partial charge in [0.2, 0.25) is 11.9 Å². The molecule has 33 heavy (non-hydrogen) atoms. The molecule has 170 valence electrons. The van der Waals surface area contributed by atoms with Gasteiger partial charge < -0.3 is 10.2 Å². The Kier molecular flexibility index (Phi) is 6.28. The highest BCUT2D eigenvalue weighted by atomic mass is 16.2. The van der Waals surface area contributed by atoms with E-state index in [0.717, 1.165) is 60.1 Å². The molecule has 3 aromatic heterocycles. The summed E-state index contributed by atoms with van der Waals surface area (Å²) in [5.41, 5.74) is 5.20. The number of aryl methyl sites for hydroxylation is 2. The second-order valence-electron chi connectivity index (χ2n) is 9.07. The molecule has 0 unspecified atom stereocenters. The van der Waals surface area contributed by atoms with Crippen LogP contribution in [0.3, 0.4) is 0 Å². The number of likely N-dealkylation sites (tertiary alicyclic amines) is 1. The molecule has 4 heterocycles. The molecule has 1 N–H and O–H groups in total. The van der Waals surface area contributed by atoms with Gasteiger partial charge in [-0.15, -0.1) is 0 Å². The van der Waals surface area contributed by atoms with Crippen molar-refractivity contribution in [2.45, 2.75) is 57.4 Å². The summed E-state index contributed by atoms with van der Waals surface area (Å²) in [7, 11) is 0. The van der Waals surface area contributed by atoms with Gasteiger partial charge in [0.1, 0.15) is 0 Å². The van der Waals surface area contributed by atoms with E-state index in [2.05, 4.69) is 20.3 Å². The van der Waals surface area contributed by atoms with Gasteiger partial charge in [0.15, 0.2) is 0 Å². The number of aromatic nitrogens is 4. The van der Waals surface area contributed by atoms with Crippen molar-refractivity contribution in [1.82, 2.24) is 24.8 Å². The molecule has 1 aliphatic carbocycles. The van der Waals surface area contributed by atoms with Crippen molar-refractivity contribution in [1.29, 1.82) is 0 Å². The first-order chi connectivity index (χ1) is 16.2. The minimum absolute atomic E-state index is 0.213. The number of carbonyl (C=O) groups excluding carboxylic acids is 1. The van der Waals surface area contributed by atoms with Crippen molar-refractivity contribution in [2.24, 2.45) is 0 Å². The Morgan fingerprint density at radius 2 is 1.85 bits per heavy atom. The molecule has 0 aromatic carbocycles. The Morgan fingerprint density at radius 3 is 2.58 bits per heavy atom. The molecule has 2 aliphatic rings. The Morgan fingerprint density at radius 1 is 1.06 bits per heavy atom. The summed E-state index contributed by atoms with van der Waals surface area (Å²) < 4.78 is 0. The third-order valence-corrected chi connectivity index (χ3v) is 6.50. The summed E-state index contributed by atoms with van der Waals surface area (Å²) in [5.74, 6) is 1.23. The van der Waals surface area contributed by atoms with E-state index >= 15 is 0 Å². The lowest BCUT2D eigenvalue weighted by Gasteiger charge is -2.32. The van der Waals surface area contributed by atoms with E-state index in [1.165, 1.54) is 12.8 Å². The lowest BCUT2D eigenvalue weighted by molar-refractivity contribution is -0.132. The standard InChI is InChI=1S/C26H30N6O/c1-18-3-2-4-21(29-18)7-8-24(33)32-15-11-20(12-16-32)25-23(19-9-13-27-14-10-19)17-28-26(31-25)30-22-5-6-22/h2-4,9-10,13-14,17,20,22H,5-8,11-12,15-16H2,1H3,(H,28,30,31).